The van der Waals surface area contributed by atoms with Gasteiger partial charge >= 0.3 is 5.97 Å². The van der Waals surface area contributed by atoms with Gasteiger partial charge in [0.15, 0.2) is 0 Å². The lowest BCUT2D eigenvalue weighted by atomic mass is 10.1. The minimum atomic E-state index is -1.07. The maximum absolute atomic E-state index is 11.7. The van der Waals surface area contributed by atoms with Crippen molar-refractivity contribution in [3.05, 3.63) is 42.2 Å². The summed E-state index contributed by atoms with van der Waals surface area (Å²) < 4.78 is 0. The molecule has 0 saturated heterocycles. The van der Waals surface area contributed by atoms with E-state index in [1.165, 1.54) is 0 Å². The summed E-state index contributed by atoms with van der Waals surface area (Å²) in [6.07, 6.45) is 3.36. The normalized spacial score (nSPS) is 10.0. The number of aromatic nitrogens is 2. The predicted molar refractivity (Wildman–Crippen MR) is 64.0 cm³/mol. The summed E-state index contributed by atoms with van der Waals surface area (Å²) in [5.41, 5.74) is 2.12. The summed E-state index contributed by atoms with van der Waals surface area (Å²) in [6.45, 7) is -0.394. The Morgan fingerprint density at radius 3 is 2.83 bits per heavy atom. The molecule has 3 N–H and O–H groups in total. The molecule has 18 heavy (non-hydrogen) atoms. The van der Waals surface area contributed by atoms with Crippen molar-refractivity contribution < 1.29 is 14.7 Å². The molecule has 0 saturated carbocycles. The van der Waals surface area contributed by atoms with Gasteiger partial charge in [0.05, 0.1) is 6.20 Å². The number of rotatable bonds is 4. The van der Waals surface area contributed by atoms with Crippen molar-refractivity contribution in [1.82, 2.24) is 15.5 Å². The van der Waals surface area contributed by atoms with E-state index in [-0.39, 0.29) is 0 Å². The van der Waals surface area contributed by atoms with Crippen LogP contribution >= 0.6 is 0 Å². The Morgan fingerprint density at radius 2 is 2.17 bits per heavy atom. The first-order valence-corrected chi connectivity index (χ1v) is 5.26. The standard InChI is InChI=1S/C12H11N3O3/c16-11(17)7-13-12(18)9-3-1-2-8(4-9)10-5-14-15-6-10/h1-6H,7H2,(H,13,18)(H,14,15)(H,16,17). The van der Waals surface area contributed by atoms with Crippen LogP contribution in [0.15, 0.2) is 36.7 Å². The van der Waals surface area contributed by atoms with Crippen LogP contribution in [0.2, 0.25) is 0 Å². The summed E-state index contributed by atoms with van der Waals surface area (Å²) in [6, 6.07) is 6.89. The summed E-state index contributed by atoms with van der Waals surface area (Å²) in [7, 11) is 0. The quantitative estimate of drug-likeness (QED) is 0.745. The molecule has 0 radical (unpaired) electrons. The first-order valence-electron chi connectivity index (χ1n) is 5.26. The molecule has 1 aromatic carbocycles. The third-order valence-corrected chi connectivity index (χ3v) is 2.36. The molecule has 1 amide bonds. The minimum Gasteiger partial charge on any atom is -0.480 e. The number of hydrogen-bond acceptors (Lipinski definition) is 3. The number of nitrogens with zero attached hydrogens (tertiary/aromatic N) is 1. The van der Waals surface area contributed by atoms with Gasteiger partial charge < -0.3 is 10.4 Å². The smallest absolute Gasteiger partial charge is 0.322 e. The van der Waals surface area contributed by atoms with Crippen molar-refractivity contribution in [2.45, 2.75) is 0 Å². The van der Waals surface area contributed by atoms with Crippen molar-refractivity contribution in [3.8, 4) is 11.1 Å². The molecule has 92 valence electrons. The number of carboxylic acids is 1. The molecule has 6 heteroatoms. The lowest BCUT2D eigenvalue weighted by molar-refractivity contribution is -0.135. The molecular formula is C12H11N3O3. The molecule has 0 atom stereocenters. The van der Waals surface area contributed by atoms with Crippen LogP contribution in [0.4, 0.5) is 0 Å². The number of amides is 1. The number of nitrogens with one attached hydrogen (secondary N) is 2. The van der Waals surface area contributed by atoms with E-state index in [4.69, 9.17) is 5.11 Å². The average Bonchev–Trinajstić information content (AvgIpc) is 2.90. The molecular weight excluding hydrogens is 234 g/mol. The van der Waals surface area contributed by atoms with E-state index in [2.05, 4.69) is 15.5 Å². The Labute approximate surface area is 103 Å². The molecule has 0 aliphatic heterocycles. The fourth-order valence-electron chi connectivity index (χ4n) is 1.51. The van der Waals surface area contributed by atoms with Crippen LogP contribution in [-0.2, 0) is 4.79 Å². The maximum Gasteiger partial charge on any atom is 0.322 e. The topological polar surface area (TPSA) is 95.1 Å². The van der Waals surface area contributed by atoms with Gasteiger partial charge in [-0.1, -0.05) is 12.1 Å². The first-order chi connectivity index (χ1) is 8.66. The van der Waals surface area contributed by atoms with Gasteiger partial charge in [-0.3, -0.25) is 14.7 Å². The first kappa shape index (κ1) is 11.8. The Hall–Kier alpha value is -2.63. The van der Waals surface area contributed by atoms with Crippen molar-refractivity contribution >= 4 is 11.9 Å². The van der Waals surface area contributed by atoms with Gasteiger partial charge in [0.1, 0.15) is 6.54 Å². The van der Waals surface area contributed by atoms with Gasteiger partial charge in [-0.15, -0.1) is 0 Å². The van der Waals surface area contributed by atoms with E-state index in [9.17, 15) is 9.59 Å². The number of H-pyrrole nitrogens is 1. The molecule has 2 aromatic rings. The zero-order chi connectivity index (χ0) is 13.0. The fraction of sp³-hybridized carbons (Fsp3) is 0.0833. The molecule has 0 bridgehead atoms. The molecule has 0 spiro atoms. The van der Waals surface area contributed by atoms with Crippen LogP contribution in [0.5, 0.6) is 0 Å². The lowest BCUT2D eigenvalue weighted by Gasteiger charge is -2.04. The Morgan fingerprint density at radius 1 is 1.33 bits per heavy atom. The molecule has 0 aliphatic rings. The number of aromatic amines is 1. The number of aliphatic carboxylic acids is 1. The summed E-state index contributed by atoms with van der Waals surface area (Å²) in [5, 5.41) is 17.3. The van der Waals surface area contributed by atoms with E-state index in [0.29, 0.717) is 5.56 Å². The minimum absolute atomic E-state index is 0.394. The average molecular weight is 245 g/mol. The van der Waals surface area contributed by atoms with Crippen LogP contribution < -0.4 is 5.32 Å². The summed E-state index contributed by atoms with van der Waals surface area (Å²) >= 11 is 0. The third kappa shape index (κ3) is 2.73. The van der Waals surface area contributed by atoms with Gasteiger partial charge in [-0.25, -0.2) is 0 Å². The van der Waals surface area contributed by atoms with E-state index in [0.717, 1.165) is 11.1 Å². The van der Waals surface area contributed by atoms with Crippen molar-refractivity contribution in [2.24, 2.45) is 0 Å². The second-order valence-electron chi connectivity index (χ2n) is 3.64. The van der Waals surface area contributed by atoms with Crippen LogP contribution in [-0.4, -0.2) is 33.7 Å². The van der Waals surface area contributed by atoms with Gasteiger partial charge in [-0.2, -0.15) is 5.10 Å². The highest BCUT2D eigenvalue weighted by atomic mass is 16.4. The van der Waals surface area contributed by atoms with Gasteiger partial charge in [0.25, 0.3) is 5.91 Å². The molecule has 2 rings (SSSR count). The van der Waals surface area contributed by atoms with Crippen molar-refractivity contribution in [1.29, 1.82) is 0 Å². The number of carbonyl (C=O) groups is 2. The molecule has 1 heterocycles. The van der Waals surface area contributed by atoms with Crippen LogP contribution in [0, 0.1) is 0 Å². The van der Waals surface area contributed by atoms with Crippen molar-refractivity contribution in [2.75, 3.05) is 6.54 Å². The maximum atomic E-state index is 11.7. The Bertz CT molecular complexity index is 564. The van der Waals surface area contributed by atoms with E-state index >= 15 is 0 Å². The fourth-order valence-corrected chi connectivity index (χ4v) is 1.51. The van der Waals surface area contributed by atoms with Crippen LogP contribution in [0.25, 0.3) is 11.1 Å². The second-order valence-corrected chi connectivity index (χ2v) is 3.64. The van der Waals surface area contributed by atoms with E-state index < -0.39 is 18.4 Å². The monoisotopic (exact) mass is 245 g/mol. The summed E-state index contributed by atoms with van der Waals surface area (Å²) in [5.74, 6) is -1.49. The molecule has 0 unspecified atom stereocenters. The molecule has 0 fully saturated rings. The Balaban J connectivity index is 2.17. The number of benzene rings is 1. The number of carbonyl (C=O) groups excluding carboxylic acids is 1. The van der Waals surface area contributed by atoms with Gasteiger partial charge in [0.2, 0.25) is 0 Å². The highest BCUT2D eigenvalue weighted by molar-refractivity contribution is 5.96. The van der Waals surface area contributed by atoms with Crippen LogP contribution in [0.1, 0.15) is 10.4 Å². The van der Waals surface area contributed by atoms with E-state index in [1.54, 1.807) is 30.6 Å². The highest BCUT2D eigenvalue weighted by Gasteiger charge is 2.08. The molecule has 6 nitrogen and oxygen atoms in total. The summed E-state index contributed by atoms with van der Waals surface area (Å²) in [4.78, 5) is 22.0. The highest BCUT2D eigenvalue weighted by Crippen LogP contribution is 2.18. The molecule has 0 aliphatic carbocycles. The van der Waals surface area contributed by atoms with Gasteiger partial charge in [-0.05, 0) is 17.7 Å². The van der Waals surface area contributed by atoms with E-state index in [1.807, 2.05) is 6.07 Å². The largest absolute Gasteiger partial charge is 0.480 e. The van der Waals surface area contributed by atoms with Gasteiger partial charge in [0, 0.05) is 17.3 Å². The number of carboxylic acid groups (broad SMARTS) is 1. The zero-order valence-electron chi connectivity index (χ0n) is 9.38. The second kappa shape index (κ2) is 5.13. The lowest BCUT2D eigenvalue weighted by Crippen LogP contribution is -2.29. The van der Waals surface area contributed by atoms with Crippen molar-refractivity contribution in [3.63, 3.8) is 0 Å². The van der Waals surface area contributed by atoms with Crippen LogP contribution in [0.3, 0.4) is 0 Å². The molecule has 1 aromatic heterocycles. The third-order valence-electron chi connectivity index (χ3n) is 2.36. The zero-order valence-corrected chi connectivity index (χ0v) is 9.38. The predicted octanol–water partition coefficient (Wildman–Crippen LogP) is 0.891. The number of hydrogen-bond donors (Lipinski definition) is 3. The SMILES string of the molecule is O=C(O)CNC(=O)c1cccc(-c2cn[nH]c2)c1. The Kier molecular flexibility index (Phi) is 3.38.